The second-order valence-corrected chi connectivity index (χ2v) is 6.76. The predicted molar refractivity (Wildman–Crippen MR) is 114 cm³/mol. The van der Waals surface area contributed by atoms with Crippen molar-refractivity contribution >= 4 is 35.1 Å². The monoisotopic (exact) mass is 432 g/mol. The van der Waals surface area contributed by atoms with Crippen molar-refractivity contribution in [3.8, 4) is 28.5 Å². The molecule has 0 amide bonds. The minimum Gasteiger partial charge on any atom is -0.493 e. The molecule has 0 aliphatic heterocycles. The minimum absolute atomic E-state index is 0.201. The molecule has 0 aliphatic rings. The highest BCUT2D eigenvalue weighted by atomic mass is 35.5. The molecule has 6 nitrogen and oxygen atoms in total. The predicted octanol–water partition coefficient (Wildman–Crippen LogP) is 5.31. The molecular weight excluding hydrogens is 415 g/mol. The lowest BCUT2D eigenvalue weighted by atomic mass is 10.1. The molecule has 0 unspecified atom stereocenters. The Hall–Kier alpha value is -2.96. The number of nitrogens with one attached hydrogen (secondary N) is 1. The molecule has 0 saturated heterocycles. The molecule has 0 fully saturated rings. The van der Waals surface area contributed by atoms with Crippen LogP contribution in [0, 0.1) is 0 Å². The highest BCUT2D eigenvalue weighted by Gasteiger charge is 2.15. The summed E-state index contributed by atoms with van der Waals surface area (Å²) in [5.41, 5.74) is 2.53. The van der Waals surface area contributed by atoms with E-state index in [0.29, 0.717) is 44.2 Å². The lowest BCUT2D eigenvalue weighted by Gasteiger charge is -2.13. The number of allylic oxidation sites excluding steroid dienone is 1. The second-order valence-electron chi connectivity index (χ2n) is 5.95. The summed E-state index contributed by atoms with van der Waals surface area (Å²) in [7, 11) is 4.64. The maximum atomic E-state index is 12.3. The summed E-state index contributed by atoms with van der Waals surface area (Å²) in [6.07, 6.45) is 3.07. The quantitative estimate of drug-likeness (QED) is 0.404. The highest BCUT2D eigenvalue weighted by Crippen LogP contribution is 2.40. The van der Waals surface area contributed by atoms with Crippen molar-refractivity contribution in [3.05, 3.63) is 63.8 Å². The third kappa shape index (κ3) is 4.55. The molecule has 3 aromatic rings. The van der Waals surface area contributed by atoms with Gasteiger partial charge in [-0.15, -0.1) is 0 Å². The van der Waals surface area contributed by atoms with E-state index < -0.39 is 0 Å². The molecular formula is C21H18Cl2N2O4. The van der Waals surface area contributed by atoms with E-state index in [1.54, 1.807) is 57.7 Å². The molecule has 150 valence electrons. The van der Waals surface area contributed by atoms with E-state index in [1.165, 1.54) is 12.1 Å². The molecule has 1 N–H and O–H groups in total. The van der Waals surface area contributed by atoms with Crippen LogP contribution in [0.2, 0.25) is 10.0 Å². The molecule has 3 rings (SSSR count). The molecule has 8 heteroatoms. The Morgan fingerprint density at radius 2 is 1.66 bits per heavy atom. The highest BCUT2D eigenvalue weighted by molar-refractivity contribution is 6.42. The van der Waals surface area contributed by atoms with E-state index in [2.05, 4.69) is 10.2 Å². The molecule has 1 heterocycles. The van der Waals surface area contributed by atoms with Crippen molar-refractivity contribution < 1.29 is 19.0 Å². The van der Waals surface area contributed by atoms with E-state index in [9.17, 15) is 4.79 Å². The van der Waals surface area contributed by atoms with Crippen molar-refractivity contribution in [2.75, 3.05) is 21.3 Å². The van der Waals surface area contributed by atoms with Crippen LogP contribution in [0.25, 0.3) is 17.3 Å². The van der Waals surface area contributed by atoms with Crippen LogP contribution in [-0.4, -0.2) is 37.3 Å². The fourth-order valence-corrected chi connectivity index (χ4v) is 3.01. The van der Waals surface area contributed by atoms with Gasteiger partial charge in [-0.3, -0.25) is 9.89 Å². The maximum absolute atomic E-state index is 12.3. The minimum atomic E-state index is -0.201. The van der Waals surface area contributed by atoms with Crippen molar-refractivity contribution in [3.63, 3.8) is 0 Å². The number of carbonyl (C=O) groups is 1. The Balaban J connectivity index is 1.84. The van der Waals surface area contributed by atoms with Crippen LogP contribution in [0.4, 0.5) is 0 Å². The zero-order valence-electron chi connectivity index (χ0n) is 16.0. The van der Waals surface area contributed by atoms with Crippen LogP contribution in [0.3, 0.4) is 0 Å². The third-order valence-electron chi connectivity index (χ3n) is 4.18. The number of ketones is 1. The van der Waals surface area contributed by atoms with E-state index in [0.717, 1.165) is 5.56 Å². The first-order chi connectivity index (χ1) is 14.0. The van der Waals surface area contributed by atoms with Gasteiger partial charge in [0, 0.05) is 11.1 Å². The standard InChI is InChI=1S/C21H18Cl2N2O4/c1-27-19-9-13(10-20(28-2)21(19)29-3)17-11-14(24-25-17)5-7-18(26)12-4-6-15(22)16(23)8-12/h4-11H,1-3H3,(H,24,25). The number of carbonyl (C=O) groups excluding carboxylic acids is 1. The van der Waals surface area contributed by atoms with E-state index in [4.69, 9.17) is 37.4 Å². The number of benzene rings is 2. The average molecular weight is 433 g/mol. The molecule has 0 bridgehead atoms. The number of rotatable bonds is 7. The Bertz CT molecular complexity index is 1050. The van der Waals surface area contributed by atoms with Crippen LogP contribution in [-0.2, 0) is 0 Å². The lowest BCUT2D eigenvalue weighted by Crippen LogP contribution is -1.95. The first-order valence-electron chi connectivity index (χ1n) is 8.50. The van der Waals surface area contributed by atoms with Gasteiger partial charge in [0.05, 0.1) is 42.8 Å². The van der Waals surface area contributed by atoms with Gasteiger partial charge in [-0.2, -0.15) is 5.10 Å². The van der Waals surface area contributed by atoms with Crippen molar-refractivity contribution in [1.29, 1.82) is 0 Å². The molecule has 0 aliphatic carbocycles. The lowest BCUT2D eigenvalue weighted by molar-refractivity contribution is 0.104. The number of ether oxygens (including phenoxy) is 3. The van der Waals surface area contributed by atoms with Crippen LogP contribution in [0.1, 0.15) is 16.1 Å². The normalized spacial score (nSPS) is 10.9. The number of hydrogen-bond acceptors (Lipinski definition) is 5. The Morgan fingerprint density at radius 3 is 2.24 bits per heavy atom. The van der Waals surface area contributed by atoms with Gasteiger partial charge < -0.3 is 14.2 Å². The largest absolute Gasteiger partial charge is 0.493 e. The van der Waals surface area contributed by atoms with Crippen molar-refractivity contribution in [2.45, 2.75) is 0 Å². The molecule has 0 spiro atoms. The van der Waals surface area contributed by atoms with E-state index in [1.807, 2.05) is 0 Å². The number of aromatic amines is 1. The molecule has 0 atom stereocenters. The molecule has 2 aromatic carbocycles. The molecule has 0 radical (unpaired) electrons. The maximum Gasteiger partial charge on any atom is 0.203 e. The first kappa shape index (κ1) is 20.8. The number of H-pyrrole nitrogens is 1. The number of aromatic nitrogens is 2. The molecule has 0 saturated carbocycles. The zero-order valence-corrected chi connectivity index (χ0v) is 17.5. The fourth-order valence-electron chi connectivity index (χ4n) is 2.71. The summed E-state index contributed by atoms with van der Waals surface area (Å²) >= 11 is 11.8. The summed E-state index contributed by atoms with van der Waals surface area (Å²) in [6, 6.07) is 10.1. The smallest absolute Gasteiger partial charge is 0.203 e. The van der Waals surface area contributed by atoms with Gasteiger partial charge in [0.15, 0.2) is 17.3 Å². The molecule has 29 heavy (non-hydrogen) atoms. The van der Waals surface area contributed by atoms with Crippen LogP contribution < -0.4 is 14.2 Å². The van der Waals surface area contributed by atoms with Crippen LogP contribution in [0.5, 0.6) is 17.2 Å². The zero-order chi connectivity index (χ0) is 21.0. The van der Waals surface area contributed by atoms with Crippen molar-refractivity contribution in [2.24, 2.45) is 0 Å². The van der Waals surface area contributed by atoms with Crippen LogP contribution >= 0.6 is 23.2 Å². The number of methoxy groups -OCH3 is 3. The van der Waals surface area contributed by atoms with Gasteiger partial charge in [0.1, 0.15) is 0 Å². The van der Waals surface area contributed by atoms with Crippen molar-refractivity contribution in [1.82, 2.24) is 10.2 Å². The Labute approximate surface area is 178 Å². The first-order valence-corrected chi connectivity index (χ1v) is 9.25. The van der Waals surface area contributed by atoms with Gasteiger partial charge in [-0.25, -0.2) is 0 Å². The fraction of sp³-hybridized carbons (Fsp3) is 0.143. The van der Waals surface area contributed by atoms with Gasteiger partial charge >= 0.3 is 0 Å². The second kappa shape index (κ2) is 9.03. The number of nitrogens with zero attached hydrogens (tertiary/aromatic N) is 1. The van der Waals surface area contributed by atoms with Gasteiger partial charge in [0.2, 0.25) is 5.75 Å². The Morgan fingerprint density at radius 1 is 0.966 bits per heavy atom. The molecule has 1 aromatic heterocycles. The van der Waals surface area contributed by atoms with Gasteiger partial charge in [-0.1, -0.05) is 23.2 Å². The summed E-state index contributed by atoms with van der Waals surface area (Å²) in [5, 5.41) is 7.91. The van der Waals surface area contributed by atoms with E-state index in [-0.39, 0.29) is 5.78 Å². The Kier molecular flexibility index (Phi) is 6.46. The SMILES string of the molecule is COc1cc(-c2cc(C=CC(=O)c3ccc(Cl)c(Cl)c3)[nH]n2)cc(OC)c1OC. The van der Waals surface area contributed by atoms with E-state index >= 15 is 0 Å². The topological polar surface area (TPSA) is 73.4 Å². The van der Waals surface area contributed by atoms with Crippen LogP contribution in [0.15, 0.2) is 42.5 Å². The summed E-state index contributed by atoms with van der Waals surface area (Å²) in [4.78, 5) is 12.3. The number of hydrogen-bond donors (Lipinski definition) is 1. The van der Waals surface area contributed by atoms with Gasteiger partial charge in [0.25, 0.3) is 0 Å². The summed E-state index contributed by atoms with van der Waals surface area (Å²) < 4.78 is 16.1. The summed E-state index contributed by atoms with van der Waals surface area (Å²) in [6.45, 7) is 0. The van der Waals surface area contributed by atoms with Gasteiger partial charge in [-0.05, 0) is 48.6 Å². The third-order valence-corrected chi connectivity index (χ3v) is 4.92. The summed E-state index contributed by atoms with van der Waals surface area (Å²) in [5.74, 6) is 1.35. The average Bonchev–Trinajstić information content (AvgIpc) is 3.21. The number of halogens is 2.